The summed E-state index contributed by atoms with van der Waals surface area (Å²) in [5.41, 5.74) is 7.71. The minimum absolute atomic E-state index is 0.0992. The van der Waals surface area contributed by atoms with E-state index in [0.717, 1.165) is 16.1 Å². The van der Waals surface area contributed by atoms with E-state index in [1.165, 1.54) is 11.8 Å². The maximum Gasteiger partial charge on any atom is 0.232 e. The highest BCUT2D eigenvalue weighted by Crippen LogP contribution is 2.24. The lowest BCUT2D eigenvalue weighted by molar-refractivity contribution is -0.127. The van der Waals surface area contributed by atoms with Crippen molar-refractivity contribution < 1.29 is 4.79 Å². The third-order valence-corrected chi connectivity index (χ3v) is 4.03. The van der Waals surface area contributed by atoms with Crippen LogP contribution >= 0.6 is 11.8 Å². The molecule has 0 heterocycles. The molecule has 20 heavy (non-hydrogen) atoms. The maximum atomic E-state index is 12.1. The van der Waals surface area contributed by atoms with E-state index in [4.69, 9.17) is 5.73 Å². The summed E-state index contributed by atoms with van der Waals surface area (Å²) in [4.78, 5) is 14.8. The number of thioether (sulfide) groups is 1. The molecule has 0 bridgehead atoms. The van der Waals surface area contributed by atoms with Crippen molar-refractivity contribution in [3.8, 4) is 0 Å². The van der Waals surface area contributed by atoms with Crippen LogP contribution in [-0.2, 0) is 11.3 Å². The fourth-order valence-corrected chi connectivity index (χ4v) is 2.72. The number of hydrogen-bond donors (Lipinski definition) is 1. The quantitative estimate of drug-likeness (QED) is 0.679. The minimum atomic E-state index is 0.0992. The van der Waals surface area contributed by atoms with Crippen LogP contribution in [0.5, 0.6) is 0 Å². The zero-order valence-corrected chi connectivity index (χ0v) is 12.3. The Morgan fingerprint density at radius 3 is 2.45 bits per heavy atom. The first-order valence-electron chi connectivity index (χ1n) is 6.42. The van der Waals surface area contributed by atoms with E-state index in [1.54, 1.807) is 4.90 Å². The van der Waals surface area contributed by atoms with Crippen LogP contribution in [0.25, 0.3) is 0 Å². The average Bonchev–Trinajstić information content (AvgIpc) is 2.47. The van der Waals surface area contributed by atoms with Crippen molar-refractivity contribution in [3.63, 3.8) is 0 Å². The predicted molar refractivity (Wildman–Crippen MR) is 84.5 cm³/mol. The number of para-hydroxylation sites is 1. The van der Waals surface area contributed by atoms with Crippen molar-refractivity contribution in [2.45, 2.75) is 11.4 Å². The number of rotatable bonds is 5. The Morgan fingerprint density at radius 2 is 1.75 bits per heavy atom. The standard InChI is InChI=1S/C16H18N2OS/c1-18(11-13-7-3-2-4-8-13)16(19)12-20-15-10-6-5-9-14(15)17/h2-10H,11-12,17H2,1H3. The van der Waals surface area contributed by atoms with E-state index in [1.807, 2.05) is 61.6 Å². The molecule has 2 aromatic rings. The molecule has 2 rings (SSSR count). The number of nitrogens with zero attached hydrogens (tertiary/aromatic N) is 1. The van der Waals surface area contributed by atoms with Crippen LogP contribution in [0.15, 0.2) is 59.5 Å². The molecule has 0 unspecified atom stereocenters. The van der Waals surface area contributed by atoms with Gasteiger partial charge in [0, 0.05) is 24.2 Å². The number of carbonyl (C=O) groups excluding carboxylic acids is 1. The highest BCUT2D eigenvalue weighted by atomic mass is 32.2. The Morgan fingerprint density at radius 1 is 1.10 bits per heavy atom. The minimum Gasteiger partial charge on any atom is -0.398 e. The van der Waals surface area contributed by atoms with Gasteiger partial charge in [-0.1, -0.05) is 42.5 Å². The first-order valence-corrected chi connectivity index (χ1v) is 7.40. The Kier molecular flexibility index (Phi) is 5.07. The van der Waals surface area contributed by atoms with Gasteiger partial charge in [0.15, 0.2) is 0 Å². The van der Waals surface area contributed by atoms with Gasteiger partial charge in [-0.25, -0.2) is 0 Å². The summed E-state index contributed by atoms with van der Waals surface area (Å²) in [6, 6.07) is 17.6. The second-order valence-electron chi connectivity index (χ2n) is 4.56. The number of amides is 1. The first kappa shape index (κ1) is 14.5. The van der Waals surface area contributed by atoms with Crippen LogP contribution in [0.2, 0.25) is 0 Å². The Labute approximate surface area is 123 Å². The number of nitrogen functional groups attached to an aromatic ring is 1. The molecule has 0 aliphatic rings. The van der Waals surface area contributed by atoms with E-state index >= 15 is 0 Å². The second-order valence-corrected chi connectivity index (χ2v) is 5.58. The van der Waals surface area contributed by atoms with Crippen molar-refractivity contribution in [2.75, 3.05) is 18.5 Å². The molecule has 0 fully saturated rings. The molecule has 104 valence electrons. The Hall–Kier alpha value is -1.94. The van der Waals surface area contributed by atoms with Crippen molar-refractivity contribution in [2.24, 2.45) is 0 Å². The first-order chi connectivity index (χ1) is 9.66. The lowest BCUT2D eigenvalue weighted by Gasteiger charge is -2.17. The fourth-order valence-electron chi connectivity index (χ4n) is 1.81. The van der Waals surface area contributed by atoms with Gasteiger partial charge in [-0.3, -0.25) is 4.79 Å². The van der Waals surface area contributed by atoms with E-state index in [0.29, 0.717) is 12.3 Å². The molecular weight excluding hydrogens is 268 g/mol. The molecular formula is C16H18N2OS. The monoisotopic (exact) mass is 286 g/mol. The fraction of sp³-hybridized carbons (Fsp3) is 0.188. The van der Waals surface area contributed by atoms with Crippen molar-refractivity contribution in [1.29, 1.82) is 0 Å². The molecule has 0 atom stereocenters. The molecule has 0 saturated heterocycles. The number of anilines is 1. The summed E-state index contributed by atoms with van der Waals surface area (Å²) in [6.07, 6.45) is 0. The lowest BCUT2D eigenvalue weighted by atomic mass is 10.2. The summed E-state index contributed by atoms with van der Waals surface area (Å²) in [6.45, 7) is 0.629. The van der Waals surface area contributed by atoms with E-state index < -0.39 is 0 Å². The van der Waals surface area contributed by atoms with E-state index in [2.05, 4.69) is 0 Å². The molecule has 0 aromatic heterocycles. The molecule has 2 aromatic carbocycles. The number of benzene rings is 2. The number of nitrogens with two attached hydrogens (primary N) is 1. The molecule has 0 radical (unpaired) electrons. The van der Waals surface area contributed by atoms with Gasteiger partial charge in [-0.15, -0.1) is 11.8 Å². The van der Waals surface area contributed by atoms with Crippen molar-refractivity contribution in [1.82, 2.24) is 4.90 Å². The van der Waals surface area contributed by atoms with E-state index in [9.17, 15) is 4.79 Å². The summed E-state index contributed by atoms with van der Waals surface area (Å²) in [5, 5.41) is 0. The molecule has 0 aliphatic carbocycles. The van der Waals surface area contributed by atoms with Crippen LogP contribution in [0, 0.1) is 0 Å². The average molecular weight is 286 g/mol. The van der Waals surface area contributed by atoms with Gasteiger partial charge in [-0.2, -0.15) is 0 Å². The van der Waals surface area contributed by atoms with Crippen LogP contribution in [0.1, 0.15) is 5.56 Å². The van der Waals surface area contributed by atoms with E-state index in [-0.39, 0.29) is 5.91 Å². The molecule has 3 nitrogen and oxygen atoms in total. The van der Waals surface area contributed by atoms with Crippen LogP contribution in [0.3, 0.4) is 0 Å². The van der Waals surface area contributed by atoms with Crippen LogP contribution < -0.4 is 5.73 Å². The predicted octanol–water partition coefficient (Wildman–Crippen LogP) is 3.02. The third-order valence-electron chi connectivity index (χ3n) is 2.96. The second kappa shape index (κ2) is 7.01. The van der Waals surface area contributed by atoms with Gasteiger partial charge in [0.25, 0.3) is 0 Å². The highest BCUT2D eigenvalue weighted by molar-refractivity contribution is 8.00. The zero-order chi connectivity index (χ0) is 14.4. The largest absolute Gasteiger partial charge is 0.398 e. The summed E-state index contributed by atoms with van der Waals surface area (Å²) in [7, 11) is 1.82. The van der Waals surface area contributed by atoms with Gasteiger partial charge < -0.3 is 10.6 Å². The summed E-state index contributed by atoms with van der Waals surface area (Å²) < 4.78 is 0. The Bertz CT molecular complexity index is 572. The van der Waals surface area contributed by atoms with Crippen molar-refractivity contribution in [3.05, 3.63) is 60.2 Å². The number of carbonyl (C=O) groups is 1. The number of hydrogen-bond acceptors (Lipinski definition) is 3. The smallest absolute Gasteiger partial charge is 0.232 e. The lowest BCUT2D eigenvalue weighted by Crippen LogP contribution is -2.27. The van der Waals surface area contributed by atoms with Gasteiger partial charge in [-0.05, 0) is 17.7 Å². The molecule has 0 spiro atoms. The summed E-state index contributed by atoms with van der Waals surface area (Å²) in [5.74, 6) is 0.500. The van der Waals surface area contributed by atoms with Gasteiger partial charge >= 0.3 is 0 Å². The highest BCUT2D eigenvalue weighted by Gasteiger charge is 2.10. The zero-order valence-electron chi connectivity index (χ0n) is 11.5. The van der Waals surface area contributed by atoms with Crippen molar-refractivity contribution >= 4 is 23.4 Å². The van der Waals surface area contributed by atoms with Gasteiger partial charge in [0.1, 0.15) is 0 Å². The molecule has 0 saturated carbocycles. The van der Waals surface area contributed by atoms with Gasteiger partial charge in [0.05, 0.1) is 5.75 Å². The van der Waals surface area contributed by atoms with Crippen LogP contribution in [-0.4, -0.2) is 23.6 Å². The maximum absolute atomic E-state index is 12.1. The molecule has 2 N–H and O–H groups in total. The summed E-state index contributed by atoms with van der Waals surface area (Å²) >= 11 is 1.48. The molecule has 0 aliphatic heterocycles. The normalized spacial score (nSPS) is 10.2. The SMILES string of the molecule is CN(Cc1ccccc1)C(=O)CSc1ccccc1N. The van der Waals surface area contributed by atoms with Crippen LogP contribution in [0.4, 0.5) is 5.69 Å². The third kappa shape index (κ3) is 4.03. The molecule has 4 heteroatoms. The van der Waals surface area contributed by atoms with Gasteiger partial charge in [0.2, 0.25) is 5.91 Å². The topological polar surface area (TPSA) is 46.3 Å². The Balaban J connectivity index is 1.87. The molecule has 1 amide bonds.